The second-order valence-electron chi connectivity index (χ2n) is 17.7. The Labute approximate surface area is 323 Å². The first-order valence-corrected chi connectivity index (χ1v) is 18.9. The van der Waals surface area contributed by atoms with Crippen molar-refractivity contribution in [3.05, 3.63) is 0 Å². The molecule has 0 aromatic carbocycles. The number of nitrogens with one attached hydrogen (secondary N) is 2. The van der Waals surface area contributed by atoms with Crippen LogP contribution < -0.4 is 10.6 Å². The van der Waals surface area contributed by atoms with Crippen LogP contribution in [0.1, 0.15) is 102 Å². The van der Waals surface area contributed by atoms with Gasteiger partial charge in [0.2, 0.25) is 5.91 Å². The van der Waals surface area contributed by atoms with Crippen LogP contribution in [0.15, 0.2) is 0 Å². The molecule has 1 aliphatic heterocycles. The summed E-state index contributed by atoms with van der Waals surface area (Å²) in [5, 5.41) is 5.32. The molecule has 2 amide bonds. The first-order valence-electron chi connectivity index (χ1n) is 18.9. The molecule has 1 aliphatic rings. The minimum absolute atomic E-state index is 0. The van der Waals surface area contributed by atoms with E-state index in [1.54, 1.807) is 68.7 Å². The van der Waals surface area contributed by atoms with E-state index in [0.717, 1.165) is 0 Å². The van der Waals surface area contributed by atoms with Crippen molar-refractivity contribution in [3.8, 4) is 0 Å². The Morgan fingerprint density at radius 1 is 0.564 bits per heavy atom. The minimum Gasteiger partial charge on any atom is -0.520 e. The topological polar surface area (TPSA) is 176 Å². The van der Waals surface area contributed by atoms with Gasteiger partial charge < -0.3 is 34.4 Å². The van der Waals surface area contributed by atoms with Crippen LogP contribution in [0.4, 0.5) is 0 Å². The molecule has 0 aromatic rings. The maximum absolute atomic E-state index is 13.3. The summed E-state index contributed by atoms with van der Waals surface area (Å²) in [7, 11) is 0. The standard InChI is InChI=1S/C38H69N6O10.Fm/c1-35(2,3)51-31(47)24-41-17-18-42(25-32(48)52-36(4,5)6)20-22-44(26-33(49)53-37(7,8)9)28-43(21-19-41)23-30(46)39-16-14-13-15-29(40-27-45)34(50)54-38(10,11)12;/h29H,13-26,28H2,1-12H3,(H,39,46)(H,40,45);/q-1;. The number of nitrogens with zero attached hydrogens (tertiary/aromatic N) is 4. The zero-order valence-corrected chi connectivity index (χ0v) is 37.7. The van der Waals surface area contributed by atoms with E-state index in [1.165, 1.54) is 0 Å². The van der Waals surface area contributed by atoms with Crippen molar-refractivity contribution in [1.29, 1.82) is 0 Å². The summed E-state index contributed by atoms with van der Waals surface area (Å²) < 4.78 is 22.2. The van der Waals surface area contributed by atoms with Crippen LogP contribution in [0.5, 0.6) is 0 Å². The van der Waals surface area contributed by atoms with Crippen LogP contribution in [0, 0.1) is 0 Å². The molecule has 17 heteroatoms. The molecule has 0 bridgehead atoms. The van der Waals surface area contributed by atoms with Gasteiger partial charge in [0.25, 0.3) is 0 Å². The van der Waals surface area contributed by atoms with E-state index in [-0.39, 0.29) is 50.7 Å². The first-order chi connectivity index (χ1) is 24.7. The second-order valence-corrected chi connectivity index (χ2v) is 17.7. The first kappa shape index (κ1) is 50.7. The summed E-state index contributed by atoms with van der Waals surface area (Å²) in [6.07, 6.45) is 2.97. The van der Waals surface area contributed by atoms with Crippen LogP contribution >= 0.6 is 0 Å². The van der Waals surface area contributed by atoms with E-state index in [1.807, 2.05) is 40.4 Å². The second kappa shape index (κ2) is 22.9. The summed E-state index contributed by atoms with van der Waals surface area (Å²) >= 11 is 0. The molecule has 324 valence electrons. The Hall–Kier alpha value is -4.34. The van der Waals surface area contributed by atoms with Crippen LogP contribution in [-0.2, 0) is 47.7 Å². The Bertz CT molecular complexity index is 1230. The molecule has 55 heavy (non-hydrogen) atoms. The van der Waals surface area contributed by atoms with Crippen molar-refractivity contribution in [2.24, 2.45) is 0 Å². The Balaban J connectivity index is 0.0000292. The van der Waals surface area contributed by atoms with Crippen molar-refractivity contribution in [1.82, 2.24) is 30.2 Å². The van der Waals surface area contributed by atoms with E-state index in [9.17, 15) is 28.8 Å². The summed E-state index contributed by atoms with van der Waals surface area (Å²) in [6, 6.07) is -0.838. The summed E-state index contributed by atoms with van der Waals surface area (Å²) in [4.78, 5) is 83.2. The van der Waals surface area contributed by atoms with Crippen LogP contribution in [0.3, 0.4) is 0 Å². The molecule has 1 heterocycles. The van der Waals surface area contributed by atoms with Gasteiger partial charge in [-0.3, -0.25) is 38.8 Å². The SMILES string of the molecule is CC(C)(C)OC(=O)CN1CCN(CC(=O)OC(C)(C)C)CCN(CC(=O)OC(C)(C)C)CN(CC(=O)NCCCCC(N[C-]=O)C(=O)OC(C)(C)C)CC1.[Fm]. The van der Waals surface area contributed by atoms with Gasteiger partial charge in [-0.15, -0.1) is 0 Å². The van der Waals surface area contributed by atoms with Gasteiger partial charge in [0.1, 0.15) is 22.4 Å². The third-order valence-corrected chi connectivity index (χ3v) is 7.45. The van der Waals surface area contributed by atoms with Crippen molar-refractivity contribution in [2.45, 2.75) is 131 Å². The number of hydrogen-bond donors (Lipinski definition) is 2. The van der Waals surface area contributed by atoms with Crippen molar-refractivity contribution >= 4 is 36.2 Å². The molecule has 1 atom stereocenters. The van der Waals surface area contributed by atoms with Gasteiger partial charge in [-0.2, -0.15) is 6.41 Å². The third kappa shape index (κ3) is 26.2. The Morgan fingerprint density at radius 3 is 1.31 bits per heavy atom. The molecule has 0 aliphatic carbocycles. The van der Waals surface area contributed by atoms with Gasteiger partial charge in [-0.05, 0) is 102 Å². The predicted molar refractivity (Wildman–Crippen MR) is 204 cm³/mol. The van der Waals surface area contributed by atoms with E-state index in [4.69, 9.17) is 18.9 Å². The zero-order valence-electron chi connectivity index (χ0n) is 35.3. The van der Waals surface area contributed by atoms with Crippen molar-refractivity contribution < 1.29 is 47.7 Å². The van der Waals surface area contributed by atoms with Gasteiger partial charge in [0.05, 0.1) is 38.9 Å². The van der Waals surface area contributed by atoms with Gasteiger partial charge in [0.15, 0.2) is 0 Å². The number of esters is 4. The molecular formula is C38H69FmN6O10-. The van der Waals surface area contributed by atoms with Crippen LogP contribution in [0.25, 0.3) is 0 Å². The van der Waals surface area contributed by atoms with E-state index < -0.39 is 40.4 Å². The molecule has 0 saturated carbocycles. The van der Waals surface area contributed by atoms with E-state index in [0.29, 0.717) is 65.1 Å². The molecule has 0 radical (unpaired) electrons. The van der Waals surface area contributed by atoms with E-state index in [2.05, 4.69) is 10.6 Å². The monoisotopic (exact) mass is 1030 g/mol. The quantitative estimate of drug-likeness (QED) is 0.0754. The number of amides is 2. The normalized spacial score (nSPS) is 16.7. The fourth-order valence-corrected chi connectivity index (χ4v) is 5.39. The molecule has 0 spiro atoms. The molecule has 16 nitrogen and oxygen atoms in total. The van der Waals surface area contributed by atoms with Crippen LogP contribution in [-0.4, -0.2) is 163 Å². The summed E-state index contributed by atoms with van der Waals surface area (Å²) in [5.41, 5.74) is -2.72. The molecule has 2 N–H and O–H groups in total. The number of unbranched alkanes of at least 4 members (excludes halogenated alkanes) is 1. The van der Waals surface area contributed by atoms with Gasteiger partial charge in [-0.1, -0.05) is 0 Å². The molecule has 1 rings (SSSR count). The van der Waals surface area contributed by atoms with E-state index >= 15 is 0 Å². The third-order valence-electron chi connectivity index (χ3n) is 7.45. The number of hydrogen-bond acceptors (Lipinski definition) is 14. The van der Waals surface area contributed by atoms with Crippen molar-refractivity contribution in [3.63, 3.8) is 0 Å². The maximum atomic E-state index is 13.3. The Kier molecular flexibility index (Phi) is 21.1. The average Bonchev–Trinajstić information content (AvgIpc) is 2.98. The fourth-order valence-electron chi connectivity index (χ4n) is 5.39. The summed E-state index contributed by atoms with van der Waals surface area (Å²) in [6.45, 7) is 24.5. The molecule has 1 fully saturated rings. The predicted octanol–water partition coefficient (Wildman–Crippen LogP) is 1.84. The molecular weight excluding hydrogens is 957 g/mol. The van der Waals surface area contributed by atoms with Crippen LogP contribution in [0.2, 0.25) is 0 Å². The maximum Gasteiger partial charge on any atom is 0.326 e. The zero-order chi connectivity index (χ0) is 41.3. The fraction of sp³-hybridized carbons (Fsp3) is 0.842. The number of carbonyl (C=O) groups is 5. The van der Waals surface area contributed by atoms with Gasteiger partial charge in [-0.25, -0.2) is 4.79 Å². The van der Waals surface area contributed by atoms with Gasteiger partial charge in [0, 0.05) is 45.8 Å². The molecule has 1 saturated heterocycles. The van der Waals surface area contributed by atoms with Gasteiger partial charge >= 0.3 is 23.9 Å². The summed E-state index contributed by atoms with van der Waals surface area (Å²) in [5.74, 6) is -1.97. The van der Waals surface area contributed by atoms with Crippen molar-refractivity contribution in [2.75, 3.05) is 78.7 Å². The number of rotatable bonds is 16. The molecule has 1 unspecified atom stereocenters. The minimum atomic E-state index is -0.838. The average molecular weight is 1030 g/mol. The largest absolute Gasteiger partial charge is 0.520 e. The number of carbonyl (C=O) groups excluding carboxylic acids is 6. The Morgan fingerprint density at radius 2 is 0.927 bits per heavy atom. The number of ether oxygens (including phenoxy) is 4. The molecule has 0 aromatic heterocycles. The smallest absolute Gasteiger partial charge is 0.326 e.